The maximum absolute atomic E-state index is 8.72. The van der Waals surface area contributed by atoms with Gasteiger partial charge in [-0.25, -0.2) is 0 Å². The van der Waals surface area contributed by atoms with Gasteiger partial charge in [-0.2, -0.15) is 0 Å². The fourth-order valence-corrected chi connectivity index (χ4v) is 2.92. The first kappa shape index (κ1) is 15.7. The summed E-state index contributed by atoms with van der Waals surface area (Å²) in [4.78, 5) is 0. The van der Waals surface area contributed by atoms with Crippen molar-refractivity contribution in [1.82, 2.24) is 0 Å². The van der Waals surface area contributed by atoms with Crippen LogP contribution in [0.15, 0.2) is 48.3 Å². The van der Waals surface area contributed by atoms with E-state index >= 15 is 0 Å². The second-order valence-corrected chi connectivity index (χ2v) is 5.74. The minimum absolute atomic E-state index is 0.502. The lowest BCUT2D eigenvalue weighted by molar-refractivity contribution is 0.387. The van der Waals surface area contributed by atoms with Gasteiger partial charge in [-0.15, -0.1) is 0 Å². The third-order valence-corrected chi connectivity index (χ3v) is 4.16. The predicted octanol–water partition coefficient (Wildman–Crippen LogP) is 5.52. The first-order valence-corrected chi connectivity index (χ1v) is 7.98. The van der Waals surface area contributed by atoms with Gasteiger partial charge in [0.05, 0.1) is 12.9 Å². The van der Waals surface area contributed by atoms with Crippen LogP contribution >= 0.6 is 0 Å². The van der Waals surface area contributed by atoms with Crippen molar-refractivity contribution in [3.05, 3.63) is 53.8 Å². The van der Waals surface area contributed by atoms with E-state index in [9.17, 15) is 0 Å². The Bertz CT molecular complexity index is 482. The van der Waals surface area contributed by atoms with E-state index in [4.69, 9.17) is 9.84 Å². The first-order chi connectivity index (χ1) is 10.3. The highest BCUT2D eigenvalue weighted by molar-refractivity contribution is 5.30. The second kappa shape index (κ2) is 8.56. The zero-order chi connectivity index (χ0) is 14.9. The molecule has 0 bridgehead atoms. The van der Waals surface area contributed by atoms with Crippen molar-refractivity contribution in [3.8, 4) is 5.75 Å². The van der Waals surface area contributed by atoms with Crippen LogP contribution in [0.2, 0.25) is 0 Å². The molecule has 0 radical (unpaired) electrons. The second-order valence-electron chi connectivity index (χ2n) is 5.74. The molecule has 3 rings (SSSR count). The van der Waals surface area contributed by atoms with Gasteiger partial charge in [-0.1, -0.05) is 43.5 Å². The molecule has 1 saturated carbocycles. The number of ether oxygens (including phenoxy) is 1. The molecule has 114 valence electrons. The molecule has 2 nitrogen and oxygen atoms in total. The highest BCUT2D eigenvalue weighted by Gasteiger charge is 2.15. The summed E-state index contributed by atoms with van der Waals surface area (Å²) >= 11 is 0. The minimum Gasteiger partial charge on any atom is -0.512 e. The van der Waals surface area contributed by atoms with Gasteiger partial charge in [0.1, 0.15) is 5.75 Å². The lowest BCUT2D eigenvalue weighted by Gasteiger charge is -2.22. The molecule has 2 heteroatoms. The molecule has 0 aromatic heterocycles. The van der Waals surface area contributed by atoms with Gasteiger partial charge < -0.3 is 9.84 Å². The Kier molecular flexibility index (Phi) is 6.39. The van der Waals surface area contributed by atoms with E-state index in [1.54, 1.807) is 13.2 Å². The molecule has 1 aromatic carbocycles. The summed E-state index contributed by atoms with van der Waals surface area (Å²) in [5.74, 6) is 2.27. The van der Waals surface area contributed by atoms with Crippen molar-refractivity contribution in [2.24, 2.45) is 0 Å². The molecule has 0 saturated heterocycles. The molecule has 0 aliphatic heterocycles. The van der Waals surface area contributed by atoms with Crippen LogP contribution in [-0.4, -0.2) is 12.2 Å². The summed E-state index contributed by atoms with van der Waals surface area (Å²) in [6.07, 6.45) is 14.4. The quantitative estimate of drug-likeness (QED) is 0.775. The summed E-state index contributed by atoms with van der Waals surface area (Å²) in [7, 11) is 1.74. The number of aliphatic hydroxyl groups excluding tert-OH is 1. The van der Waals surface area contributed by atoms with E-state index in [2.05, 4.69) is 18.2 Å². The minimum atomic E-state index is 0.502. The fraction of sp³-hybridized carbons (Fsp3) is 0.474. The van der Waals surface area contributed by atoms with E-state index in [-0.39, 0.29) is 0 Å². The number of allylic oxidation sites excluding steroid dienone is 4. The molecule has 1 aromatic rings. The molecule has 0 heterocycles. The van der Waals surface area contributed by atoms with Gasteiger partial charge >= 0.3 is 0 Å². The van der Waals surface area contributed by atoms with Crippen LogP contribution in [0, 0.1) is 0 Å². The van der Waals surface area contributed by atoms with E-state index in [1.807, 2.05) is 18.2 Å². The summed E-state index contributed by atoms with van der Waals surface area (Å²) in [6.45, 7) is 0. The Balaban J connectivity index is 0.000000194. The van der Waals surface area contributed by atoms with Crippen LogP contribution in [0.25, 0.3) is 0 Å². The Labute approximate surface area is 128 Å². The molecular formula is C19H26O2. The summed E-state index contributed by atoms with van der Waals surface area (Å²) < 4.78 is 5.25. The van der Waals surface area contributed by atoms with Crippen LogP contribution < -0.4 is 4.74 Å². The molecule has 2 aliphatic rings. The third kappa shape index (κ3) is 5.30. The van der Waals surface area contributed by atoms with Gasteiger partial charge in [0, 0.05) is 6.42 Å². The number of aliphatic hydroxyl groups is 1. The standard InChI is InChI=1S/C13H18O.C6H8O/c1-14-13-9-5-8-12(10-13)11-6-3-2-4-7-11;7-6-4-2-1-3-5-6/h5,8-11H,2-4,6-7H2,1H3;1-2,4,7H,3,5H2. The molecule has 1 N–H and O–H groups in total. The normalized spacial score (nSPS) is 18.4. The van der Waals surface area contributed by atoms with E-state index < -0.39 is 0 Å². The van der Waals surface area contributed by atoms with E-state index in [1.165, 1.54) is 37.7 Å². The van der Waals surface area contributed by atoms with E-state index in [0.717, 1.165) is 24.5 Å². The van der Waals surface area contributed by atoms with Crippen LogP contribution in [0.1, 0.15) is 56.4 Å². The zero-order valence-electron chi connectivity index (χ0n) is 12.9. The average molecular weight is 286 g/mol. The van der Waals surface area contributed by atoms with Crippen LogP contribution in [-0.2, 0) is 0 Å². The molecule has 0 spiro atoms. The van der Waals surface area contributed by atoms with Crippen molar-refractivity contribution >= 4 is 0 Å². The smallest absolute Gasteiger partial charge is 0.119 e. The Hall–Kier alpha value is -1.70. The molecule has 0 unspecified atom stereocenters. The number of benzene rings is 1. The maximum Gasteiger partial charge on any atom is 0.119 e. The number of rotatable bonds is 2. The lowest BCUT2D eigenvalue weighted by Crippen LogP contribution is -2.04. The molecular weight excluding hydrogens is 260 g/mol. The SMILES string of the molecule is COc1cccc(C2CCCCC2)c1.OC1=CC=CCC1. The Morgan fingerprint density at radius 1 is 1.14 bits per heavy atom. The first-order valence-electron chi connectivity index (χ1n) is 7.98. The number of methoxy groups -OCH3 is 1. The van der Waals surface area contributed by atoms with Gasteiger partial charge in [-0.05, 0) is 49.0 Å². The lowest BCUT2D eigenvalue weighted by atomic mass is 9.84. The molecule has 21 heavy (non-hydrogen) atoms. The van der Waals surface area contributed by atoms with Gasteiger partial charge in [0.2, 0.25) is 0 Å². The van der Waals surface area contributed by atoms with Crippen molar-refractivity contribution in [2.45, 2.75) is 50.9 Å². The summed E-state index contributed by atoms with van der Waals surface area (Å²) in [5.41, 5.74) is 1.46. The molecule has 0 atom stereocenters. The predicted molar refractivity (Wildman–Crippen MR) is 87.9 cm³/mol. The number of hydrogen-bond donors (Lipinski definition) is 1. The van der Waals surface area contributed by atoms with Crippen molar-refractivity contribution in [1.29, 1.82) is 0 Å². The molecule has 1 fully saturated rings. The van der Waals surface area contributed by atoms with Crippen molar-refractivity contribution in [2.75, 3.05) is 7.11 Å². The van der Waals surface area contributed by atoms with Crippen LogP contribution in [0.4, 0.5) is 0 Å². The van der Waals surface area contributed by atoms with Gasteiger partial charge in [-0.3, -0.25) is 0 Å². The average Bonchev–Trinajstić information content (AvgIpc) is 2.57. The zero-order valence-corrected chi connectivity index (χ0v) is 12.9. The highest BCUT2D eigenvalue weighted by Crippen LogP contribution is 2.33. The highest BCUT2D eigenvalue weighted by atomic mass is 16.5. The molecule has 2 aliphatic carbocycles. The summed E-state index contributed by atoms with van der Waals surface area (Å²) in [6, 6.07) is 8.55. The van der Waals surface area contributed by atoms with Crippen LogP contribution in [0.5, 0.6) is 5.75 Å². The Morgan fingerprint density at radius 2 is 1.95 bits per heavy atom. The maximum atomic E-state index is 8.72. The third-order valence-electron chi connectivity index (χ3n) is 4.16. The largest absolute Gasteiger partial charge is 0.512 e. The fourth-order valence-electron chi connectivity index (χ4n) is 2.92. The number of hydrogen-bond acceptors (Lipinski definition) is 2. The molecule has 0 amide bonds. The van der Waals surface area contributed by atoms with Gasteiger partial charge in [0.15, 0.2) is 0 Å². The van der Waals surface area contributed by atoms with Crippen LogP contribution in [0.3, 0.4) is 0 Å². The van der Waals surface area contributed by atoms with Crippen molar-refractivity contribution < 1.29 is 9.84 Å². The topological polar surface area (TPSA) is 29.5 Å². The Morgan fingerprint density at radius 3 is 2.52 bits per heavy atom. The summed E-state index contributed by atoms with van der Waals surface area (Å²) in [5, 5.41) is 8.72. The van der Waals surface area contributed by atoms with Crippen molar-refractivity contribution in [3.63, 3.8) is 0 Å². The monoisotopic (exact) mass is 286 g/mol. The van der Waals surface area contributed by atoms with Gasteiger partial charge in [0.25, 0.3) is 0 Å². The van der Waals surface area contributed by atoms with E-state index in [0.29, 0.717) is 5.76 Å².